The molecule has 0 aliphatic heterocycles. The summed E-state index contributed by atoms with van der Waals surface area (Å²) in [6.45, 7) is 0.559. The molecule has 0 fully saturated rings. The van der Waals surface area contributed by atoms with E-state index in [2.05, 4.69) is 10.3 Å². The minimum Gasteiger partial charge on any atom is -0.378 e. The van der Waals surface area contributed by atoms with Crippen LogP contribution >= 0.6 is 0 Å². The average molecular weight is 282 g/mol. The number of nitrogens with zero attached hydrogens (tertiary/aromatic N) is 3. The second kappa shape index (κ2) is 5.24. The van der Waals surface area contributed by atoms with Crippen LogP contribution in [0.25, 0.3) is 11.0 Å². The van der Waals surface area contributed by atoms with E-state index in [1.165, 1.54) is 12.1 Å². The molecule has 6 heteroatoms. The molecule has 3 aromatic rings. The summed E-state index contributed by atoms with van der Waals surface area (Å²) in [4.78, 5) is 14.8. The van der Waals surface area contributed by atoms with E-state index < -0.39 is 4.92 Å². The van der Waals surface area contributed by atoms with Gasteiger partial charge in [0.2, 0.25) is 0 Å². The van der Waals surface area contributed by atoms with Crippen molar-refractivity contribution in [3.8, 4) is 0 Å². The van der Waals surface area contributed by atoms with Crippen LogP contribution in [-0.4, -0.2) is 14.5 Å². The van der Waals surface area contributed by atoms with E-state index in [9.17, 15) is 10.1 Å². The van der Waals surface area contributed by atoms with Gasteiger partial charge in [-0.25, -0.2) is 4.98 Å². The van der Waals surface area contributed by atoms with Crippen LogP contribution in [-0.2, 0) is 13.6 Å². The molecule has 0 unspecified atom stereocenters. The number of nitrogens with one attached hydrogen (secondary N) is 1. The number of benzene rings is 2. The highest BCUT2D eigenvalue weighted by molar-refractivity contribution is 5.75. The smallest absolute Gasteiger partial charge is 0.269 e. The molecule has 0 atom stereocenters. The SMILES string of the molecule is Cn1c(CNc2ccc([N+](=O)[O-])cc2)nc2ccccc21. The maximum absolute atomic E-state index is 10.6. The summed E-state index contributed by atoms with van der Waals surface area (Å²) >= 11 is 0. The van der Waals surface area contributed by atoms with Gasteiger partial charge in [0.25, 0.3) is 5.69 Å². The molecule has 0 saturated carbocycles. The van der Waals surface area contributed by atoms with E-state index in [1.807, 2.05) is 35.9 Å². The quantitative estimate of drug-likeness (QED) is 0.589. The van der Waals surface area contributed by atoms with Crippen molar-refractivity contribution in [1.82, 2.24) is 9.55 Å². The Morgan fingerprint density at radius 2 is 1.90 bits per heavy atom. The van der Waals surface area contributed by atoms with Crippen LogP contribution in [0.5, 0.6) is 0 Å². The molecule has 1 N–H and O–H groups in total. The Morgan fingerprint density at radius 1 is 1.19 bits per heavy atom. The van der Waals surface area contributed by atoms with Crippen molar-refractivity contribution >= 4 is 22.4 Å². The summed E-state index contributed by atoms with van der Waals surface area (Å²) in [5, 5.41) is 13.8. The summed E-state index contributed by atoms with van der Waals surface area (Å²) in [5.74, 6) is 0.912. The van der Waals surface area contributed by atoms with Crippen LogP contribution in [0.1, 0.15) is 5.82 Å². The van der Waals surface area contributed by atoms with Gasteiger partial charge < -0.3 is 9.88 Å². The highest BCUT2D eigenvalue weighted by atomic mass is 16.6. The number of hydrogen-bond acceptors (Lipinski definition) is 4. The first-order valence-electron chi connectivity index (χ1n) is 6.54. The molecule has 0 bridgehead atoms. The number of para-hydroxylation sites is 2. The van der Waals surface area contributed by atoms with Gasteiger partial charge in [0.15, 0.2) is 0 Å². The largest absolute Gasteiger partial charge is 0.378 e. The first kappa shape index (κ1) is 13.1. The van der Waals surface area contributed by atoms with Crippen molar-refractivity contribution in [2.24, 2.45) is 7.05 Å². The molecular formula is C15H14N4O2. The summed E-state index contributed by atoms with van der Waals surface area (Å²) < 4.78 is 2.04. The molecule has 6 nitrogen and oxygen atoms in total. The third kappa shape index (κ3) is 2.55. The predicted molar refractivity (Wildman–Crippen MR) is 81.1 cm³/mol. The number of nitro benzene ring substituents is 1. The topological polar surface area (TPSA) is 73.0 Å². The fourth-order valence-electron chi connectivity index (χ4n) is 2.24. The predicted octanol–water partition coefficient (Wildman–Crippen LogP) is 3.09. The van der Waals surface area contributed by atoms with Crippen LogP contribution in [0.15, 0.2) is 48.5 Å². The number of hydrogen-bond donors (Lipinski definition) is 1. The van der Waals surface area contributed by atoms with Crippen LogP contribution in [0.2, 0.25) is 0 Å². The lowest BCUT2D eigenvalue weighted by Crippen LogP contribution is -2.05. The lowest BCUT2D eigenvalue weighted by atomic mass is 10.3. The van der Waals surface area contributed by atoms with E-state index in [0.717, 1.165) is 22.5 Å². The zero-order valence-electron chi connectivity index (χ0n) is 11.5. The van der Waals surface area contributed by atoms with Gasteiger partial charge in [-0.3, -0.25) is 10.1 Å². The number of rotatable bonds is 4. The number of anilines is 1. The third-order valence-corrected chi connectivity index (χ3v) is 3.41. The van der Waals surface area contributed by atoms with Crippen LogP contribution in [0.3, 0.4) is 0 Å². The van der Waals surface area contributed by atoms with Gasteiger partial charge in [0.1, 0.15) is 5.82 Å². The molecule has 21 heavy (non-hydrogen) atoms. The van der Waals surface area contributed by atoms with Crippen molar-refractivity contribution in [3.63, 3.8) is 0 Å². The van der Waals surface area contributed by atoms with Gasteiger partial charge in [-0.05, 0) is 24.3 Å². The van der Waals surface area contributed by atoms with Crippen LogP contribution in [0.4, 0.5) is 11.4 Å². The Kier molecular flexibility index (Phi) is 3.27. The first-order valence-corrected chi connectivity index (χ1v) is 6.54. The number of aryl methyl sites for hydroxylation is 1. The second-order valence-electron chi connectivity index (χ2n) is 4.73. The summed E-state index contributed by atoms with van der Waals surface area (Å²) in [7, 11) is 1.97. The lowest BCUT2D eigenvalue weighted by molar-refractivity contribution is -0.384. The lowest BCUT2D eigenvalue weighted by Gasteiger charge is -2.06. The molecule has 1 heterocycles. The molecule has 0 saturated heterocycles. The van der Waals surface area contributed by atoms with Crippen molar-refractivity contribution in [3.05, 3.63) is 64.5 Å². The maximum atomic E-state index is 10.6. The van der Waals surface area contributed by atoms with Gasteiger partial charge >= 0.3 is 0 Å². The number of imidazole rings is 1. The fraction of sp³-hybridized carbons (Fsp3) is 0.133. The average Bonchev–Trinajstić information content (AvgIpc) is 2.82. The van der Waals surface area contributed by atoms with Gasteiger partial charge in [-0.1, -0.05) is 12.1 Å². The van der Waals surface area contributed by atoms with Crippen molar-refractivity contribution < 1.29 is 4.92 Å². The number of nitro groups is 1. The van der Waals surface area contributed by atoms with E-state index in [-0.39, 0.29) is 5.69 Å². The summed E-state index contributed by atoms with van der Waals surface area (Å²) in [5.41, 5.74) is 2.95. The molecule has 3 rings (SSSR count). The molecule has 1 aromatic heterocycles. The normalized spacial score (nSPS) is 10.7. The minimum atomic E-state index is -0.407. The van der Waals surface area contributed by atoms with Crippen molar-refractivity contribution in [1.29, 1.82) is 0 Å². The van der Waals surface area contributed by atoms with Crippen LogP contribution < -0.4 is 5.32 Å². The maximum Gasteiger partial charge on any atom is 0.269 e. The zero-order valence-corrected chi connectivity index (χ0v) is 11.5. The number of fused-ring (bicyclic) bond motifs is 1. The molecule has 0 aliphatic carbocycles. The molecule has 0 amide bonds. The molecule has 0 spiro atoms. The zero-order chi connectivity index (χ0) is 14.8. The molecular weight excluding hydrogens is 268 g/mol. The second-order valence-corrected chi connectivity index (χ2v) is 4.73. The fourth-order valence-corrected chi connectivity index (χ4v) is 2.24. The Morgan fingerprint density at radius 3 is 2.57 bits per heavy atom. The minimum absolute atomic E-state index is 0.0864. The molecule has 0 radical (unpaired) electrons. The standard InChI is InChI=1S/C15H14N4O2/c1-18-14-5-3-2-4-13(14)17-15(18)10-16-11-6-8-12(9-7-11)19(20)21/h2-9,16H,10H2,1H3. The number of aromatic nitrogens is 2. The molecule has 2 aromatic carbocycles. The molecule has 0 aliphatic rings. The third-order valence-electron chi connectivity index (χ3n) is 3.41. The van der Waals surface area contributed by atoms with Gasteiger partial charge in [0, 0.05) is 24.9 Å². The first-order chi connectivity index (χ1) is 10.1. The Balaban J connectivity index is 1.77. The monoisotopic (exact) mass is 282 g/mol. The molecule has 106 valence electrons. The van der Waals surface area contributed by atoms with E-state index >= 15 is 0 Å². The van der Waals surface area contributed by atoms with Gasteiger partial charge in [-0.2, -0.15) is 0 Å². The Bertz CT molecular complexity index is 793. The number of non-ortho nitro benzene ring substituents is 1. The van der Waals surface area contributed by atoms with E-state index in [0.29, 0.717) is 6.54 Å². The Hall–Kier alpha value is -2.89. The van der Waals surface area contributed by atoms with Crippen molar-refractivity contribution in [2.45, 2.75) is 6.54 Å². The summed E-state index contributed by atoms with van der Waals surface area (Å²) in [6.07, 6.45) is 0. The summed E-state index contributed by atoms with van der Waals surface area (Å²) in [6, 6.07) is 14.3. The Labute approximate surface area is 121 Å². The van der Waals surface area contributed by atoms with E-state index in [1.54, 1.807) is 12.1 Å². The van der Waals surface area contributed by atoms with Gasteiger partial charge in [0.05, 0.1) is 22.5 Å². The highest BCUT2D eigenvalue weighted by Crippen LogP contribution is 2.18. The van der Waals surface area contributed by atoms with E-state index in [4.69, 9.17) is 0 Å². The highest BCUT2D eigenvalue weighted by Gasteiger charge is 2.07. The van der Waals surface area contributed by atoms with Crippen LogP contribution in [0, 0.1) is 10.1 Å². The van der Waals surface area contributed by atoms with Crippen molar-refractivity contribution in [2.75, 3.05) is 5.32 Å². The van der Waals surface area contributed by atoms with Gasteiger partial charge in [-0.15, -0.1) is 0 Å².